The third kappa shape index (κ3) is 4.93. The number of nitro benzene ring substituents is 1. The van der Waals surface area contributed by atoms with Crippen molar-refractivity contribution < 1.29 is 9.72 Å². The highest BCUT2D eigenvalue weighted by molar-refractivity contribution is 7.80. The molecule has 7 heteroatoms. The molecule has 1 rings (SSSR count). The topological polar surface area (TPSA) is 84.3 Å². The average Bonchev–Trinajstić information content (AvgIpc) is 2.43. The van der Waals surface area contributed by atoms with Gasteiger partial charge in [0.05, 0.1) is 4.92 Å². The zero-order chi connectivity index (χ0) is 15.0. The molecule has 0 aliphatic heterocycles. The molecule has 108 valence electrons. The second-order valence-corrected chi connectivity index (χ2v) is 4.60. The molecule has 0 heterocycles. The van der Waals surface area contributed by atoms with Crippen molar-refractivity contribution in [3.05, 3.63) is 39.9 Å². The average molecular weight is 295 g/mol. The van der Waals surface area contributed by atoms with Crippen LogP contribution in [-0.2, 0) is 0 Å². The quantitative estimate of drug-likeness (QED) is 0.364. The van der Waals surface area contributed by atoms with Crippen LogP contribution in [0.1, 0.15) is 36.5 Å². The zero-order valence-electron chi connectivity index (χ0n) is 11.2. The van der Waals surface area contributed by atoms with E-state index >= 15 is 0 Å². The molecule has 2 N–H and O–H groups in total. The van der Waals surface area contributed by atoms with E-state index in [4.69, 9.17) is 12.2 Å². The number of rotatable bonds is 6. The molecule has 0 aromatic heterocycles. The van der Waals surface area contributed by atoms with Gasteiger partial charge in [-0.2, -0.15) is 0 Å². The molecule has 0 spiro atoms. The molecule has 1 amide bonds. The number of para-hydroxylation sites is 1. The van der Waals surface area contributed by atoms with Gasteiger partial charge in [0, 0.05) is 12.6 Å². The number of unbranched alkanes of at least 4 members (excludes halogenated alkanes) is 2. The highest BCUT2D eigenvalue weighted by Crippen LogP contribution is 2.17. The summed E-state index contributed by atoms with van der Waals surface area (Å²) in [5.41, 5.74) is -0.242. The Morgan fingerprint density at radius 3 is 2.70 bits per heavy atom. The first-order valence-corrected chi connectivity index (χ1v) is 6.79. The normalized spacial score (nSPS) is 9.85. The van der Waals surface area contributed by atoms with Gasteiger partial charge in [-0.1, -0.05) is 31.9 Å². The van der Waals surface area contributed by atoms with E-state index < -0.39 is 10.8 Å². The van der Waals surface area contributed by atoms with Crippen LogP contribution in [-0.4, -0.2) is 22.5 Å². The molecule has 1 aromatic rings. The van der Waals surface area contributed by atoms with E-state index in [1.165, 1.54) is 18.2 Å². The smallest absolute Gasteiger partial charge is 0.282 e. The van der Waals surface area contributed by atoms with E-state index in [-0.39, 0.29) is 16.4 Å². The van der Waals surface area contributed by atoms with E-state index in [9.17, 15) is 14.9 Å². The summed E-state index contributed by atoms with van der Waals surface area (Å²) in [6.07, 6.45) is 3.13. The van der Waals surface area contributed by atoms with Gasteiger partial charge >= 0.3 is 0 Å². The van der Waals surface area contributed by atoms with Gasteiger partial charge in [-0.15, -0.1) is 0 Å². The monoisotopic (exact) mass is 295 g/mol. The SMILES string of the molecule is CCCCCNC(=S)NC(=O)c1ccccc1[N+](=O)[O-]. The highest BCUT2D eigenvalue weighted by atomic mass is 32.1. The Bertz CT molecular complexity index is 505. The summed E-state index contributed by atoms with van der Waals surface area (Å²) >= 11 is 4.98. The van der Waals surface area contributed by atoms with Gasteiger partial charge in [-0.05, 0) is 24.7 Å². The van der Waals surface area contributed by atoms with Gasteiger partial charge in [0.1, 0.15) is 5.56 Å². The first kappa shape index (κ1) is 16.0. The number of carbonyl (C=O) groups excluding carboxylic acids is 1. The lowest BCUT2D eigenvalue weighted by molar-refractivity contribution is -0.385. The second kappa shape index (κ2) is 8.21. The minimum atomic E-state index is -0.591. The third-order valence-electron chi connectivity index (χ3n) is 2.64. The minimum Gasteiger partial charge on any atom is -0.362 e. The summed E-state index contributed by atoms with van der Waals surface area (Å²) in [6, 6.07) is 5.76. The van der Waals surface area contributed by atoms with Crippen LogP contribution in [0.4, 0.5) is 5.69 Å². The Balaban J connectivity index is 2.58. The van der Waals surface area contributed by atoms with Crippen molar-refractivity contribution in [1.29, 1.82) is 0 Å². The summed E-state index contributed by atoms with van der Waals surface area (Å²) < 4.78 is 0. The minimum absolute atomic E-state index is 0.00444. The number of carbonyl (C=O) groups is 1. The lowest BCUT2D eigenvalue weighted by Gasteiger charge is -2.09. The summed E-state index contributed by atoms with van der Waals surface area (Å²) in [7, 11) is 0. The van der Waals surface area contributed by atoms with Gasteiger partial charge in [0.2, 0.25) is 0 Å². The molecule has 0 saturated carbocycles. The number of benzene rings is 1. The van der Waals surface area contributed by atoms with Crippen LogP contribution in [0.25, 0.3) is 0 Å². The Hall–Kier alpha value is -2.02. The maximum Gasteiger partial charge on any atom is 0.282 e. The van der Waals surface area contributed by atoms with Crippen LogP contribution in [0.2, 0.25) is 0 Å². The van der Waals surface area contributed by atoms with Crippen molar-refractivity contribution in [2.75, 3.05) is 6.54 Å². The predicted molar refractivity (Wildman–Crippen MR) is 80.7 cm³/mol. The zero-order valence-corrected chi connectivity index (χ0v) is 12.0. The number of nitrogens with zero attached hydrogens (tertiary/aromatic N) is 1. The number of nitro groups is 1. The first-order chi connectivity index (χ1) is 9.56. The third-order valence-corrected chi connectivity index (χ3v) is 2.88. The molecule has 1 aromatic carbocycles. The van der Waals surface area contributed by atoms with Crippen LogP contribution < -0.4 is 10.6 Å². The van der Waals surface area contributed by atoms with Crippen molar-refractivity contribution in [3.63, 3.8) is 0 Å². The van der Waals surface area contributed by atoms with Gasteiger partial charge in [0.25, 0.3) is 11.6 Å². The van der Waals surface area contributed by atoms with Crippen LogP contribution >= 0.6 is 12.2 Å². The van der Waals surface area contributed by atoms with Crippen LogP contribution in [0, 0.1) is 10.1 Å². The lowest BCUT2D eigenvalue weighted by Crippen LogP contribution is -2.39. The summed E-state index contributed by atoms with van der Waals surface area (Å²) in [5, 5.41) is 16.4. The maximum absolute atomic E-state index is 11.9. The Morgan fingerprint density at radius 1 is 1.35 bits per heavy atom. The van der Waals surface area contributed by atoms with Crippen LogP contribution in [0.5, 0.6) is 0 Å². The van der Waals surface area contributed by atoms with E-state index in [1.54, 1.807) is 6.07 Å². The summed E-state index contributed by atoms with van der Waals surface area (Å²) in [4.78, 5) is 22.2. The fourth-order valence-electron chi connectivity index (χ4n) is 1.62. The Kier molecular flexibility index (Phi) is 6.58. The number of hydrogen-bond acceptors (Lipinski definition) is 4. The number of amides is 1. The standard InChI is InChI=1S/C13H17N3O3S/c1-2-3-6-9-14-13(20)15-12(17)10-7-4-5-8-11(10)16(18)19/h4-5,7-8H,2-3,6,9H2,1H3,(H2,14,15,17,20). The lowest BCUT2D eigenvalue weighted by atomic mass is 10.1. The van der Waals surface area contributed by atoms with E-state index in [0.717, 1.165) is 19.3 Å². The van der Waals surface area contributed by atoms with Gasteiger partial charge < -0.3 is 5.32 Å². The number of nitrogens with one attached hydrogen (secondary N) is 2. The van der Waals surface area contributed by atoms with Crippen molar-refractivity contribution >= 4 is 28.9 Å². The fourth-order valence-corrected chi connectivity index (χ4v) is 1.81. The van der Waals surface area contributed by atoms with Gasteiger partial charge in [0.15, 0.2) is 5.11 Å². The molecule has 0 fully saturated rings. The predicted octanol–water partition coefficient (Wildman–Crippen LogP) is 2.39. The molecular weight excluding hydrogens is 278 g/mol. The molecule has 0 atom stereocenters. The van der Waals surface area contributed by atoms with E-state index in [0.29, 0.717) is 6.54 Å². The van der Waals surface area contributed by atoms with Crippen molar-refractivity contribution in [2.45, 2.75) is 26.2 Å². The second-order valence-electron chi connectivity index (χ2n) is 4.19. The molecule has 0 radical (unpaired) electrons. The van der Waals surface area contributed by atoms with Gasteiger partial charge in [-0.25, -0.2) is 0 Å². The summed E-state index contributed by atoms with van der Waals surface area (Å²) in [5.74, 6) is -0.578. The van der Waals surface area contributed by atoms with Crippen LogP contribution in [0.3, 0.4) is 0 Å². The largest absolute Gasteiger partial charge is 0.362 e. The molecule has 0 aliphatic rings. The molecular formula is C13H17N3O3S. The molecule has 6 nitrogen and oxygen atoms in total. The summed E-state index contributed by atoms with van der Waals surface area (Å²) in [6.45, 7) is 2.76. The molecule has 0 saturated heterocycles. The Labute approximate surface area is 122 Å². The fraction of sp³-hybridized carbons (Fsp3) is 0.385. The Morgan fingerprint density at radius 2 is 2.05 bits per heavy atom. The first-order valence-electron chi connectivity index (χ1n) is 6.39. The van der Waals surface area contributed by atoms with Crippen LogP contribution in [0.15, 0.2) is 24.3 Å². The van der Waals surface area contributed by atoms with E-state index in [1.807, 2.05) is 0 Å². The number of hydrogen-bond donors (Lipinski definition) is 2. The molecule has 0 bridgehead atoms. The maximum atomic E-state index is 11.9. The van der Waals surface area contributed by atoms with Crippen molar-refractivity contribution in [1.82, 2.24) is 10.6 Å². The number of thiocarbonyl (C=S) groups is 1. The highest BCUT2D eigenvalue weighted by Gasteiger charge is 2.19. The van der Waals surface area contributed by atoms with Crippen molar-refractivity contribution in [2.24, 2.45) is 0 Å². The van der Waals surface area contributed by atoms with Crippen molar-refractivity contribution in [3.8, 4) is 0 Å². The van der Waals surface area contributed by atoms with E-state index in [2.05, 4.69) is 17.6 Å². The molecule has 0 aliphatic carbocycles. The molecule has 20 heavy (non-hydrogen) atoms. The molecule has 0 unspecified atom stereocenters. The van der Waals surface area contributed by atoms with Gasteiger partial charge in [-0.3, -0.25) is 20.2 Å².